The zero-order valence-electron chi connectivity index (χ0n) is 10.0. The molecule has 2 heterocycles. The van der Waals surface area contributed by atoms with Gasteiger partial charge >= 0.3 is 6.18 Å². The fourth-order valence-electron chi connectivity index (χ4n) is 2.06. The van der Waals surface area contributed by atoms with Crippen molar-refractivity contribution in [2.75, 3.05) is 18.0 Å². The van der Waals surface area contributed by atoms with Crippen LogP contribution in [0.2, 0.25) is 0 Å². The Morgan fingerprint density at radius 2 is 2.21 bits per heavy atom. The molecule has 1 unspecified atom stereocenters. The molecule has 1 aliphatic rings. The van der Waals surface area contributed by atoms with Crippen LogP contribution < -0.4 is 10.6 Å². The highest BCUT2D eigenvalue weighted by atomic mass is 19.4. The maximum atomic E-state index is 12.7. The van der Waals surface area contributed by atoms with E-state index in [-0.39, 0.29) is 24.6 Å². The molecule has 0 spiro atoms. The second-order valence-corrected chi connectivity index (χ2v) is 4.43. The third-order valence-corrected chi connectivity index (χ3v) is 3.06. The van der Waals surface area contributed by atoms with Crippen molar-refractivity contribution >= 4 is 11.9 Å². The van der Waals surface area contributed by atoms with Crippen molar-refractivity contribution in [3.63, 3.8) is 0 Å². The molecule has 2 N–H and O–H groups in total. The van der Waals surface area contributed by atoms with Gasteiger partial charge in [0, 0.05) is 19.3 Å². The van der Waals surface area contributed by atoms with Gasteiger partial charge in [0.15, 0.2) is 0 Å². The summed E-state index contributed by atoms with van der Waals surface area (Å²) in [5.74, 6) is -2.00. The van der Waals surface area contributed by atoms with Gasteiger partial charge in [-0.25, -0.2) is 9.97 Å². The van der Waals surface area contributed by atoms with E-state index in [0.29, 0.717) is 13.0 Å². The number of alkyl halides is 3. The number of amides is 1. The largest absolute Gasteiger partial charge is 0.393 e. The minimum atomic E-state index is -4.22. The summed E-state index contributed by atoms with van der Waals surface area (Å²) in [6, 6.07) is 1.33. The summed E-state index contributed by atoms with van der Waals surface area (Å²) in [6.45, 7) is 0.251. The third-order valence-electron chi connectivity index (χ3n) is 3.06. The van der Waals surface area contributed by atoms with Gasteiger partial charge < -0.3 is 10.6 Å². The number of primary amides is 1. The van der Waals surface area contributed by atoms with Gasteiger partial charge in [0.05, 0.1) is 5.92 Å². The quantitative estimate of drug-likeness (QED) is 0.883. The summed E-state index contributed by atoms with van der Waals surface area (Å²) >= 11 is 0. The first-order valence-corrected chi connectivity index (χ1v) is 5.82. The lowest BCUT2D eigenvalue weighted by molar-refractivity contribution is -0.176. The lowest BCUT2D eigenvalue weighted by atomic mass is 9.98. The van der Waals surface area contributed by atoms with Crippen molar-refractivity contribution in [3.8, 4) is 0 Å². The SMILES string of the molecule is NC(=O)c1ccnc(N2CCCC(C(F)(F)F)C2)n1. The van der Waals surface area contributed by atoms with Gasteiger partial charge in [-0.3, -0.25) is 4.79 Å². The van der Waals surface area contributed by atoms with Crippen molar-refractivity contribution in [1.29, 1.82) is 0 Å². The monoisotopic (exact) mass is 274 g/mol. The number of nitrogens with two attached hydrogens (primary N) is 1. The van der Waals surface area contributed by atoms with Crippen molar-refractivity contribution in [3.05, 3.63) is 18.0 Å². The van der Waals surface area contributed by atoms with Crippen LogP contribution >= 0.6 is 0 Å². The number of carbonyl (C=O) groups is 1. The Labute approximate surface area is 107 Å². The molecule has 0 saturated carbocycles. The normalized spacial score (nSPS) is 20.4. The van der Waals surface area contributed by atoms with Gasteiger partial charge in [0.25, 0.3) is 5.91 Å². The molecular formula is C11H13F3N4O. The van der Waals surface area contributed by atoms with Crippen LogP contribution in [0.4, 0.5) is 19.1 Å². The minimum Gasteiger partial charge on any atom is -0.364 e. The standard InChI is InChI=1S/C11H13F3N4O/c12-11(13,14)7-2-1-5-18(6-7)10-16-4-3-8(17-10)9(15)19/h3-4,7H,1-2,5-6H2,(H2,15,19). The Morgan fingerprint density at radius 3 is 2.84 bits per heavy atom. The van der Waals surface area contributed by atoms with E-state index in [9.17, 15) is 18.0 Å². The summed E-state index contributed by atoms with van der Waals surface area (Å²) in [6.07, 6.45) is -2.39. The highest BCUT2D eigenvalue weighted by Gasteiger charge is 2.42. The maximum Gasteiger partial charge on any atom is 0.393 e. The number of halogens is 3. The summed E-state index contributed by atoms with van der Waals surface area (Å²) in [5.41, 5.74) is 5.08. The van der Waals surface area contributed by atoms with E-state index < -0.39 is 18.0 Å². The molecule has 0 radical (unpaired) electrons. The molecule has 19 heavy (non-hydrogen) atoms. The van der Waals surface area contributed by atoms with Crippen molar-refractivity contribution in [1.82, 2.24) is 9.97 Å². The predicted octanol–water partition coefficient (Wildman–Crippen LogP) is 1.35. The number of carbonyl (C=O) groups excluding carboxylic acids is 1. The molecule has 1 aliphatic heterocycles. The van der Waals surface area contributed by atoms with Crippen LogP contribution in [0.1, 0.15) is 23.3 Å². The first-order valence-electron chi connectivity index (χ1n) is 5.82. The molecular weight excluding hydrogens is 261 g/mol. The van der Waals surface area contributed by atoms with Gasteiger partial charge in [-0.15, -0.1) is 0 Å². The molecule has 8 heteroatoms. The number of anilines is 1. The van der Waals surface area contributed by atoms with Crippen molar-refractivity contribution in [2.24, 2.45) is 11.7 Å². The van der Waals surface area contributed by atoms with E-state index in [1.165, 1.54) is 17.2 Å². The van der Waals surface area contributed by atoms with Crippen LogP contribution in [-0.2, 0) is 0 Å². The maximum absolute atomic E-state index is 12.7. The number of rotatable bonds is 2. The van der Waals surface area contributed by atoms with Crippen LogP contribution in [-0.4, -0.2) is 35.1 Å². The summed E-state index contributed by atoms with van der Waals surface area (Å²) < 4.78 is 38.1. The molecule has 1 saturated heterocycles. The lowest BCUT2D eigenvalue weighted by Gasteiger charge is -2.33. The van der Waals surface area contributed by atoms with Gasteiger partial charge in [-0.05, 0) is 18.9 Å². The molecule has 1 amide bonds. The number of piperidine rings is 1. The molecule has 0 aromatic carbocycles. The van der Waals surface area contributed by atoms with Gasteiger partial charge in [-0.2, -0.15) is 13.2 Å². The Bertz CT molecular complexity index is 477. The van der Waals surface area contributed by atoms with Crippen molar-refractivity contribution in [2.45, 2.75) is 19.0 Å². The molecule has 1 aromatic heterocycles. The topological polar surface area (TPSA) is 72.1 Å². The Balaban J connectivity index is 2.17. The van der Waals surface area contributed by atoms with Gasteiger partial charge in [0.1, 0.15) is 5.69 Å². The van der Waals surface area contributed by atoms with E-state index >= 15 is 0 Å². The van der Waals surface area contributed by atoms with Gasteiger partial charge in [0.2, 0.25) is 5.95 Å². The van der Waals surface area contributed by atoms with Crippen LogP contribution in [0.3, 0.4) is 0 Å². The Kier molecular flexibility index (Phi) is 3.59. The molecule has 104 valence electrons. The van der Waals surface area contributed by atoms with Gasteiger partial charge in [-0.1, -0.05) is 0 Å². The third kappa shape index (κ3) is 3.12. The van der Waals surface area contributed by atoms with Crippen LogP contribution in [0.5, 0.6) is 0 Å². The minimum absolute atomic E-state index is 0.000804. The second-order valence-electron chi connectivity index (χ2n) is 4.43. The summed E-state index contributed by atoms with van der Waals surface area (Å²) in [5, 5.41) is 0. The fraction of sp³-hybridized carbons (Fsp3) is 0.545. The molecule has 2 rings (SSSR count). The lowest BCUT2D eigenvalue weighted by Crippen LogP contribution is -2.42. The number of hydrogen-bond donors (Lipinski definition) is 1. The average molecular weight is 274 g/mol. The Morgan fingerprint density at radius 1 is 1.47 bits per heavy atom. The van der Waals surface area contributed by atoms with E-state index in [2.05, 4.69) is 9.97 Å². The first kappa shape index (κ1) is 13.6. The molecule has 0 bridgehead atoms. The molecule has 1 fully saturated rings. The zero-order valence-corrected chi connectivity index (χ0v) is 10.0. The van der Waals surface area contributed by atoms with E-state index in [0.717, 1.165) is 0 Å². The molecule has 5 nitrogen and oxygen atoms in total. The average Bonchev–Trinajstić information content (AvgIpc) is 2.38. The van der Waals surface area contributed by atoms with E-state index in [4.69, 9.17) is 5.73 Å². The number of aromatic nitrogens is 2. The van der Waals surface area contributed by atoms with E-state index in [1.54, 1.807) is 0 Å². The first-order chi connectivity index (χ1) is 8.88. The molecule has 0 aliphatic carbocycles. The number of nitrogens with zero attached hydrogens (tertiary/aromatic N) is 3. The fourth-order valence-corrected chi connectivity index (χ4v) is 2.06. The summed E-state index contributed by atoms with van der Waals surface area (Å²) in [4.78, 5) is 20.2. The molecule has 1 atom stereocenters. The zero-order chi connectivity index (χ0) is 14.0. The van der Waals surface area contributed by atoms with E-state index in [1.807, 2.05) is 0 Å². The summed E-state index contributed by atoms with van der Waals surface area (Å²) in [7, 11) is 0. The number of hydrogen-bond acceptors (Lipinski definition) is 4. The van der Waals surface area contributed by atoms with Crippen LogP contribution in [0, 0.1) is 5.92 Å². The van der Waals surface area contributed by atoms with Crippen LogP contribution in [0.25, 0.3) is 0 Å². The van der Waals surface area contributed by atoms with Crippen molar-refractivity contribution < 1.29 is 18.0 Å². The highest BCUT2D eigenvalue weighted by molar-refractivity contribution is 5.90. The second kappa shape index (κ2) is 5.02. The molecule has 1 aromatic rings. The van der Waals surface area contributed by atoms with Crippen LogP contribution in [0.15, 0.2) is 12.3 Å². The highest BCUT2D eigenvalue weighted by Crippen LogP contribution is 2.33. The smallest absolute Gasteiger partial charge is 0.364 e. The Hall–Kier alpha value is -1.86. The predicted molar refractivity (Wildman–Crippen MR) is 61.5 cm³/mol.